The van der Waals surface area contributed by atoms with Gasteiger partial charge in [-0.25, -0.2) is 4.79 Å². The number of esters is 1. The smallest absolute Gasteiger partial charge is 0.340 e. The lowest BCUT2D eigenvalue weighted by atomic mass is 9.98. The Labute approximate surface area is 180 Å². The fourth-order valence-electron chi connectivity index (χ4n) is 4.26. The molecule has 31 heavy (non-hydrogen) atoms. The number of ketones is 1. The number of aromatic nitrogens is 1. The van der Waals surface area contributed by atoms with Crippen LogP contribution >= 0.6 is 0 Å². The van der Waals surface area contributed by atoms with Crippen molar-refractivity contribution < 1.29 is 14.3 Å². The monoisotopic (exact) mass is 407 g/mol. The van der Waals surface area contributed by atoms with E-state index in [2.05, 4.69) is 0 Å². The average Bonchev–Trinajstić information content (AvgIpc) is 3.29. The Bertz CT molecular complexity index is 1270. The maximum atomic E-state index is 13.5. The molecular weight excluding hydrogens is 386 g/mol. The summed E-state index contributed by atoms with van der Waals surface area (Å²) in [6.45, 7) is 0. The number of para-hydroxylation sites is 1. The molecule has 0 fully saturated rings. The van der Waals surface area contributed by atoms with Crippen LogP contribution in [-0.2, 0) is 17.6 Å². The number of pyridine rings is 1. The predicted molar refractivity (Wildman–Crippen MR) is 119 cm³/mol. The molecule has 4 aromatic rings. The lowest BCUT2D eigenvalue weighted by Crippen LogP contribution is -2.21. The molecule has 0 N–H and O–H groups in total. The lowest BCUT2D eigenvalue weighted by molar-refractivity contribution is 0.0281. The molecule has 0 radical (unpaired) electrons. The summed E-state index contributed by atoms with van der Waals surface area (Å²) in [5.41, 5.74) is 4.38. The fraction of sp³-hybridized carbons (Fsp3) is 0.148. The van der Waals surface area contributed by atoms with E-state index in [1.165, 1.54) is 0 Å². The number of hydrogen-bond acceptors (Lipinski definition) is 4. The molecule has 1 atom stereocenters. The van der Waals surface area contributed by atoms with Gasteiger partial charge in [0.15, 0.2) is 6.10 Å². The highest BCUT2D eigenvalue weighted by molar-refractivity contribution is 6.07. The number of benzene rings is 3. The van der Waals surface area contributed by atoms with E-state index in [4.69, 9.17) is 9.72 Å². The standard InChI is InChI=1S/C27H21NO3/c29-25(18-10-3-1-4-11-18)26(19-12-5-2-6-13-19)31-27(30)24-20-14-7-8-16-22(20)28-23-17-9-15-21(23)24/h1-8,10-14,16,26H,9,15,17H2/t26-/m1/s1. The molecule has 0 aliphatic heterocycles. The summed E-state index contributed by atoms with van der Waals surface area (Å²) in [7, 11) is 0. The molecule has 0 unspecified atom stereocenters. The summed E-state index contributed by atoms with van der Waals surface area (Å²) in [6.07, 6.45) is 1.59. The molecule has 0 saturated heterocycles. The van der Waals surface area contributed by atoms with Crippen molar-refractivity contribution in [1.29, 1.82) is 0 Å². The second kappa shape index (κ2) is 8.15. The van der Waals surface area contributed by atoms with E-state index in [1.54, 1.807) is 24.3 Å². The van der Waals surface area contributed by atoms with Crippen molar-refractivity contribution >= 4 is 22.7 Å². The SMILES string of the molecule is O=C(O[C@@H](C(=O)c1ccccc1)c1ccccc1)c1c2c(nc3ccccc13)CCC2. The molecule has 0 bridgehead atoms. The zero-order valence-corrected chi connectivity index (χ0v) is 17.0. The molecule has 0 saturated carbocycles. The van der Waals surface area contributed by atoms with Crippen LogP contribution in [0.15, 0.2) is 84.9 Å². The van der Waals surface area contributed by atoms with Crippen molar-refractivity contribution in [3.8, 4) is 0 Å². The van der Waals surface area contributed by atoms with E-state index in [0.29, 0.717) is 16.7 Å². The van der Waals surface area contributed by atoms with Crippen molar-refractivity contribution in [3.05, 3.63) is 113 Å². The second-order valence-electron chi connectivity index (χ2n) is 7.71. The minimum absolute atomic E-state index is 0.241. The second-order valence-corrected chi connectivity index (χ2v) is 7.71. The molecule has 3 aromatic carbocycles. The number of aryl methyl sites for hydroxylation is 1. The van der Waals surface area contributed by atoms with Crippen LogP contribution in [0.3, 0.4) is 0 Å². The van der Waals surface area contributed by atoms with Crippen LogP contribution in [0.25, 0.3) is 10.9 Å². The highest BCUT2D eigenvalue weighted by atomic mass is 16.5. The first kappa shape index (κ1) is 19.2. The van der Waals surface area contributed by atoms with Crippen LogP contribution in [0.2, 0.25) is 0 Å². The first-order valence-corrected chi connectivity index (χ1v) is 10.5. The normalized spacial score (nSPS) is 13.5. The van der Waals surface area contributed by atoms with Gasteiger partial charge in [0.1, 0.15) is 0 Å². The van der Waals surface area contributed by atoms with Crippen LogP contribution < -0.4 is 0 Å². The maximum Gasteiger partial charge on any atom is 0.340 e. The number of carbonyl (C=O) groups is 2. The highest BCUT2D eigenvalue weighted by Crippen LogP contribution is 2.32. The Morgan fingerprint density at radius 3 is 2.26 bits per heavy atom. The predicted octanol–water partition coefficient (Wildman–Crippen LogP) is 5.50. The van der Waals surface area contributed by atoms with Gasteiger partial charge in [0.25, 0.3) is 0 Å². The summed E-state index contributed by atoms with van der Waals surface area (Å²) in [5, 5.41) is 0.770. The summed E-state index contributed by atoms with van der Waals surface area (Å²) < 4.78 is 5.96. The van der Waals surface area contributed by atoms with E-state index in [0.717, 1.165) is 41.4 Å². The molecule has 0 amide bonds. The topological polar surface area (TPSA) is 56.3 Å². The molecule has 1 heterocycles. The Morgan fingerprint density at radius 1 is 0.806 bits per heavy atom. The van der Waals surface area contributed by atoms with Crippen LogP contribution in [0.4, 0.5) is 0 Å². The van der Waals surface area contributed by atoms with Gasteiger partial charge < -0.3 is 4.74 Å². The molecule has 1 aromatic heterocycles. The highest BCUT2D eigenvalue weighted by Gasteiger charge is 2.30. The molecule has 5 rings (SSSR count). The Balaban J connectivity index is 1.58. The number of Topliss-reactive ketones (excluding diaryl/α,β-unsaturated/α-hetero) is 1. The van der Waals surface area contributed by atoms with Crippen molar-refractivity contribution in [3.63, 3.8) is 0 Å². The minimum atomic E-state index is -1.01. The number of ether oxygens (including phenoxy) is 1. The quantitative estimate of drug-likeness (QED) is 0.324. The first-order valence-electron chi connectivity index (χ1n) is 10.5. The fourth-order valence-corrected chi connectivity index (χ4v) is 4.26. The van der Waals surface area contributed by atoms with Crippen LogP contribution in [0.5, 0.6) is 0 Å². The van der Waals surface area contributed by atoms with Gasteiger partial charge in [-0.05, 0) is 30.9 Å². The van der Waals surface area contributed by atoms with Crippen molar-refractivity contribution in [1.82, 2.24) is 4.98 Å². The zero-order chi connectivity index (χ0) is 21.2. The van der Waals surface area contributed by atoms with Crippen LogP contribution in [0.1, 0.15) is 50.1 Å². The van der Waals surface area contributed by atoms with E-state index in [1.807, 2.05) is 60.7 Å². The number of hydrogen-bond donors (Lipinski definition) is 0. The third-order valence-electron chi connectivity index (χ3n) is 5.75. The van der Waals surface area contributed by atoms with Crippen LogP contribution in [0, 0.1) is 0 Å². The van der Waals surface area contributed by atoms with Gasteiger partial charge in [-0.3, -0.25) is 9.78 Å². The number of rotatable bonds is 5. The summed E-state index contributed by atoms with van der Waals surface area (Å²) in [5.74, 6) is -0.718. The molecule has 4 heteroatoms. The number of nitrogens with zero attached hydrogens (tertiary/aromatic N) is 1. The molecule has 1 aliphatic carbocycles. The average molecular weight is 407 g/mol. The molecule has 152 valence electrons. The minimum Gasteiger partial charge on any atom is -0.445 e. The van der Waals surface area contributed by atoms with Gasteiger partial charge in [-0.15, -0.1) is 0 Å². The summed E-state index contributed by atoms with van der Waals surface area (Å²) in [4.78, 5) is 31.6. The van der Waals surface area contributed by atoms with Crippen molar-refractivity contribution in [2.45, 2.75) is 25.4 Å². The Kier molecular flexibility index (Phi) is 5.04. The summed E-state index contributed by atoms with van der Waals surface area (Å²) in [6, 6.07) is 25.7. The molecule has 0 spiro atoms. The van der Waals surface area contributed by atoms with E-state index in [9.17, 15) is 9.59 Å². The first-order chi connectivity index (χ1) is 15.2. The Morgan fingerprint density at radius 2 is 1.48 bits per heavy atom. The van der Waals surface area contributed by atoms with Gasteiger partial charge in [0.05, 0.1) is 11.1 Å². The largest absolute Gasteiger partial charge is 0.445 e. The van der Waals surface area contributed by atoms with Gasteiger partial charge in [-0.1, -0.05) is 78.9 Å². The van der Waals surface area contributed by atoms with E-state index < -0.39 is 12.1 Å². The molecule has 4 nitrogen and oxygen atoms in total. The number of carbonyl (C=O) groups excluding carboxylic acids is 2. The van der Waals surface area contributed by atoms with Crippen molar-refractivity contribution in [2.24, 2.45) is 0 Å². The van der Waals surface area contributed by atoms with Gasteiger partial charge in [0, 0.05) is 22.2 Å². The van der Waals surface area contributed by atoms with Crippen molar-refractivity contribution in [2.75, 3.05) is 0 Å². The van der Waals surface area contributed by atoms with Gasteiger partial charge in [0.2, 0.25) is 5.78 Å². The third-order valence-corrected chi connectivity index (χ3v) is 5.75. The van der Waals surface area contributed by atoms with Gasteiger partial charge >= 0.3 is 5.97 Å². The third kappa shape index (κ3) is 3.61. The van der Waals surface area contributed by atoms with Gasteiger partial charge in [-0.2, -0.15) is 0 Å². The van der Waals surface area contributed by atoms with E-state index >= 15 is 0 Å². The maximum absolute atomic E-state index is 13.5. The number of fused-ring (bicyclic) bond motifs is 2. The molecular formula is C27H21NO3. The lowest BCUT2D eigenvalue weighted by Gasteiger charge is -2.19. The molecule has 1 aliphatic rings. The Hall–Kier alpha value is -3.79. The zero-order valence-electron chi connectivity index (χ0n) is 17.0. The van der Waals surface area contributed by atoms with E-state index in [-0.39, 0.29) is 5.78 Å². The summed E-state index contributed by atoms with van der Waals surface area (Å²) >= 11 is 0. The van der Waals surface area contributed by atoms with Crippen LogP contribution in [-0.4, -0.2) is 16.7 Å².